The molecule has 0 spiro atoms. The Morgan fingerprint density at radius 1 is 1.15 bits per heavy atom. The van der Waals surface area contributed by atoms with E-state index in [1.165, 1.54) is 23.9 Å². The van der Waals surface area contributed by atoms with Gasteiger partial charge in [0.05, 0.1) is 16.0 Å². The summed E-state index contributed by atoms with van der Waals surface area (Å²) in [6.07, 6.45) is 4.24. The second-order valence-electron chi connectivity index (χ2n) is 7.72. The predicted octanol–water partition coefficient (Wildman–Crippen LogP) is 6.43. The van der Waals surface area contributed by atoms with Gasteiger partial charge < -0.3 is 10.1 Å². The summed E-state index contributed by atoms with van der Waals surface area (Å²) in [6.45, 7) is -1.25. The molecule has 1 heterocycles. The summed E-state index contributed by atoms with van der Waals surface area (Å²) in [7, 11) is 0. The zero-order valence-electron chi connectivity index (χ0n) is 17.9. The monoisotopic (exact) mass is 492 g/mol. The Labute approximate surface area is 199 Å². The van der Waals surface area contributed by atoms with Crippen LogP contribution in [0.5, 0.6) is 5.75 Å². The van der Waals surface area contributed by atoms with Crippen LogP contribution in [0.25, 0.3) is 11.4 Å². The van der Waals surface area contributed by atoms with Crippen molar-refractivity contribution in [3.8, 4) is 17.1 Å². The number of halogens is 3. The highest BCUT2D eigenvalue weighted by Crippen LogP contribution is 2.39. The van der Waals surface area contributed by atoms with Gasteiger partial charge in [-0.05, 0) is 44.0 Å². The number of nitrogens with one attached hydrogen (secondary N) is 1. The summed E-state index contributed by atoms with van der Waals surface area (Å²) in [4.78, 5) is 12.9. The molecule has 1 aliphatic carbocycles. The molecule has 0 bridgehead atoms. The van der Waals surface area contributed by atoms with E-state index in [9.17, 15) is 13.6 Å². The number of ether oxygens (including phenoxy) is 1. The number of amides is 1. The lowest BCUT2D eigenvalue weighted by molar-refractivity contribution is -0.115. The molecule has 1 aromatic heterocycles. The van der Waals surface area contributed by atoms with Gasteiger partial charge in [0.1, 0.15) is 5.75 Å². The van der Waals surface area contributed by atoms with Gasteiger partial charge in [-0.25, -0.2) is 0 Å². The highest BCUT2D eigenvalue weighted by Gasteiger charge is 2.28. The molecule has 1 saturated carbocycles. The number of rotatable bonds is 8. The van der Waals surface area contributed by atoms with E-state index in [0.717, 1.165) is 31.2 Å². The Morgan fingerprint density at radius 3 is 2.58 bits per heavy atom. The third kappa shape index (κ3) is 5.47. The van der Waals surface area contributed by atoms with Crippen LogP contribution >= 0.6 is 23.4 Å². The second kappa shape index (κ2) is 10.5. The number of nitrogens with zero attached hydrogens (tertiary/aromatic N) is 3. The van der Waals surface area contributed by atoms with Crippen molar-refractivity contribution in [1.82, 2.24) is 14.8 Å². The highest BCUT2D eigenvalue weighted by molar-refractivity contribution is 8.00. The first kappa shape index (κ1) is 23.5. The first-order chi connectivity index (χ1) is 15.9. The number of carbonyl (C=O) groups is 1. The van der Waals surface area contributed by atoms with Gasteiger partial charge in [-0.3, -0.25) is 9.36 Å². The van der Waals surface area contributed by atoms with E-state index in [-0.39, 0.29) is 23.4 Å². The predicted molar refractivity (Wildman–Crippen MR) is 125 cm³/mol. The van der Waals surface area contributed by atoms with Gasteiger partial charge >= 0.3 is 6.61 Å². The molecule has 1 aliphatic rings. The molecular weight excluding hydrogens is 470 g/mol. The Kier molecular flexibility index (Phi) is 7.49. The standard InChI is InChI=1S/C23H23ClF2N4O2S/c1-14(21(31)27-18-12-6-7-13-19(18)32-22(25)26)33-23-29-28-20(16-10-4-5-11-17(16)24)30(23)15-8-2-3-9-15/h4-7,10-15,22H,2-3,8-9H2,1H3,(H,27,31). The van der Waals surface area contributed by atoms with Gasteiger partial charge in [0.15, 0.2) is 11.0 Å². The number of benzene rings is 2. The third-order valence-corrected chi connectivity index (χ3v) is 6.87. The van der Waals surface area contributed by atoms with E-state index >= 15 is 0 Å². The normalized spacial score (nSPS) is 15.1. The lowest BCUT2D eigenvalue weighted by Crippen LogP contribution is -2.23. The molecule has 2 aromatic carbocycles. The molecule has 10 heteroatoms. The number of alkyl halides is 2. The van der Waals surface area contributed by atoms with E-state index in [1.807, 2.05) is 24.3 Å². The van der Waals surface area contributed by atoms with Gasteiger partial charge in [-0.15, -0.1) is 10.2 Å². The van der Waals surface area contributed by atoms with Crippen LogP contribution in [0, 0.1) is 0 Å². The number of hydrogen-bond donors (Lipinski definition) is 1. The quantitative estimate of drug-likeness (QED) is 0.367. The van der Waals surface area contributed by atoms with E-state index in [4.69, 9.17) is 11.6 Å². The van der Waals surface area contributed by atoms with Crippen molar-refractivity contribution in [2.45, 2.75) is 55.7 Å². The maximum Gasteiger partial charge on any atom is 0.387 e. The Bertz CT molecular complexity index is 1120. The third-order valence-electron chi connectivity index (χ3n) is 5.48. The molecule has 3 aromatic rings. The molecular formula is C23H23ClF2N4O2S. The molecule has 1 amide bonds. The van der Waals surface area contributed by atoms with E-state index in [1.54, 1.807) is 19.1 Å². The van der Waals surface area contributed by atoms with Crippen molar-refractivity contribution < 1.29 is 18.3 Å². The summed E-state index contributed by atoms with van der Waals surface area (Å²) in [5.74, 6) is 0.233. The van der Waals surface area contributed by atoms with Gasteiger partial charge in [0, 0.05) is 11.6 Å². The van der Waals surface area contributed by atoms with Crippen molar-refractivity contribution in [3.05, 3.63) is 53.6 Å². The minimum Gasteiger partial charge on any atom is -0.433 e. The Balaban J connectivity index is 1.56. The molecule has 0 radical (unpaired) electrons. The fraction of sp³-hybridized carbons (Fsp3) is 0.348. The number of carbonyl (C=O) groups excluding carboxylic acids is 1. The lowest BCUT2D eigenvalue weighted by Gasteiger charge is -2.19. The molecule has 1 fully saturated rings. The van der Waals surface area contributed by atoms with Gasteiger partial charge in [-0.1, -0.05) is 60.5 Å². The molecule has 4 rings (SSSR count). The van der Waals surface area contributed by atoms with Gasteiger partial charge in [-0.2, -0.15) is 8.78 Å². The molecule has 1 unspecified atom stereocenters. The first-order valence-electron chi connectivity index (χ1n) is 10.6. The Hall–Kier alpha value is -2.65. The largest absolute Gasteiger partial charge is 0.433 e. The van der Waals surface area contributed by atoms with Crippen molar-refractivity contribution >= 4 is 35.0 Å². The molecule has 1 N–H and O–H groups in total. The topological polar surface area (TPSA) is 69.0 Å². The summed E-state index contributed by atoms with van der Waals surface area (Å²) in [5.41, 5.74) is 0.977. The summed E-state index contributed by atoms with van der Waals surface area (Å²) in [6, 6.07) is 13.8. The van der Waals surface area contributed by atoms with E-state index < -0.39 is 11.9 Å². The minimum atomic E-state index is -2.98. The number of thioether (sulfide) groups is 1. The van der Waals surface area contributed by atoms with Crippen LogP contribution < -0.4 is 10.1 Å². The second-order valence-corrected chi connectivity index (χ2v) is 9.43. The maximum absolute atomic E-state index is 12.9. The zero-order chi connectivity index (χ0) is 23.4. The molecule has 1 atom stereocenters. The summed E-state index contributed by atoms with van der Waals surface area (Å²) >= 11 is 7.70. The number of aromatic nitrogens is 3. The lowest BCUT2D eigenvalue weighted by atomic mass is 10.2. The molecule has 6 nitrogen and oxygen atoms in total. The smallest absolute Gasteiger partial charge is 0.387 e. The maximum atomic E-state index is 12.9. The molecule has 174 valence electrons. The average molecular weight is 493 g/mol. The van der Waals surface area contributed by atoms with Gasteiger partial charge in [0.2, 0.25) is 5.91 Å². The van der Waals surface area contributed by atoms with Crippen LogP contribution in [-0.2, 0) is 4.79 Å². The van der Waals surface area contributed by atoms with Crippen LogP contribution in [0.3, 0.4) is 0 Å². The van der Waals surface area contributed by atoms with Crippen LogP contribution in [0.4, 0.5) is 14.5 Å². The van der Waals surface area contributed by atoms with Crippen LogP contribution in [0.1, 0.15) is 38.6 Å². The zero-order valence-corrected chi connectivity index (χ0v) is 19.5. The number of anilines is 1. The number of hydrogen-bond acceptors (Lipinski definition) is 5. The summed E-state index contributed by atoms with van der Waals surface area (Å²) < 4.78 is 31.9. The van der Waals surface area contributed by atoms with Crippen molar-refractivity contribution in [2.75, 3.05) is 5.32 Å². The fourth-order valence-corrected chi connectivity index (χ4v) is 5.03. The molecule has 0 saturated heterocycles. The minimum absolute atomic E-state index is 0.0896. The average Bonchev–Trinajstić information content (AvgIpc) is 3.45. The fourth-order valence-electron chi connectivity index (χ4n) is 3.89. The number of para-hydroxylation sites is 2. The van der Waals surface area contributed by atoms with Crippen LogP contribution in [-0.4, -0.2) is 32.5 Å². The van der Waals surface area contributed by atoms with E-state index in [2.05, 4.69) is 24.8 Å². The SMILES string of the molecule is CC(Sc1nnc(-c2ccccc2Cl)n1C1CCCC1)C(=O)Nc1ccccc1OC(F)F. The van der Waals surface area contributed by atoms with Crippen LogP contribution in [0.2, 0.25) is 5.02 Å². The van der Waals surface area contributed by atoms with Crippen molar-refractivity contribution in [3.63, 3.8) is 0 Å². The van der Waals surface area contributed by atoms with E-state index in [0.29, 0.717) is 16.0 Å². The van der Waals surface area contributed by atoms with Gasteiger partial charge in [0.25, 0.3) is 0 Å². The molecule has 33 heavy (non-hydrogen) atoms. The van der Waals surface area contributed by atoms with Crippen molar-refractivity contribution in [1.29, 1.82) is 0 Å². The Morgan fingerprint density at radius 2 is 1.85 bits per heavy atom. The van der Waals surface area contributed by atoms with Crippen molar-refractivity contribution in [2.24, 2.45) is 0 Å². The first-order valence-corrected chi connectivity index (χ1v) is 11.9. The molecule has 0 aliphatic heterocycles. The van der Waals surface area contributed by atoms with Crippen LogP contribution in [0.15, 0.2) is 53.7 Å². The highest BCUT2D eigenvalue weighted by atomic mass is 35.5. The summed E-state index contributed by atoms with van der Waals surface area (Å²) in [5, 5.41) is 12.1.